The van der Waals surface area contributed by atoms with Crippen LogP contribution in [0, 0.1) is 0 Å². The summed E-state index contributed by atoms with van der Waals surface area (Å²) in [4.78, 5) is 21.8. The molecule has 7 nitrogen and oxygen atoms in total. The minimum atomic E-state index is -1.16. The third-order valence-electron chi connectivity index (χ3n) is 2.61. The molecule has 1 aromatic rings. The fraction of sp³-hybridized carbons (Fsp3) is 0.429. The molecule has 116 valence electrons. The summed E-state index contributed by atoms with van der Waals surface area (Å²) in [7, 11) is 0. The Morgan fingerprint density at radius 3 is 2.29 bits per heavy atom. The second-order valence-corrected chi connectivity index (χ2v) is 4.12. The summed E-state index contributed by atoms with van der Waals surface area (Å²) in [5.74, 6) is -1.34. The van der Waals surface area contributed by atoms with Crippen molar-refractivity contribution in [1.82, 2.24) is 5.32 Å². The Morgan fingerprint density at radius 2 is 1.76 bits per heavy atom. The number of carbonyl (C=O) groups is 2. The molecule has 3 N–H and O–H groups in total. The highest BCUT2D eigenvalue weighted by atomic mass is 16.5. The van der Waals surface area contributed by atoms with Gasteiger partial charge in [0.25, 0.3) is 0 Å². The van der Waals surface area contributed by atoms with Gasteiger partial charge in [-0.1, -0.05) is 6.07 Å². The first-order valence-electron chi connectivity index (χ1n) is 6.57. The molecule has 0 bridgehead atoms. The van der Waals surface area contributed by atoms with Gasteiger partial charge in [0.05, 0.1) is 19.8 Å². The molecule has 0 aromatic heterocycles. The maximum Gasteiger partial charge on any atom is 0.325 e. The lowest BCUT2D eigenvalue weighted by molar-refractivity contribution is -0.140. The van der Waals surface area contributed by atoms with Gasteiger partial charge in [-0.05, 0) is 31.5 Å². The molecule has 7 heteroatoms. The summed E-state index contributed by atoms with van der Waals surface area (Å²) in [6.45, 7) is 4.05. The monoisotopic (exact) mass is 297 g/mol. The average Bonchev–Trinajstić information content (AvgIpc) is 2.41. The van der Waals surface area contributed by atoms with Crippen molar-refractivity contribution in [1.29, 1.82) is 0 Å². The molecule has 0 saturated heterocycles. The van der Waals surface area contributed by atoms with Crippen molar-refractivity contribution in [3.05, 3.63) is 23.8 Å². The van der Waals surface area contributed by atoms with E-state index in [9.17, 15) is 14.7 Å². The second-order valence-electron chi connectivity index (χ2n) is 4.12. The normalized spacial score (nSPS) is 11.7. The lowest BCUT2D eigenvalue weighted by Crippen LogP contribution is -2.32. The summed E-state index contributed by atoms with van der Waals surface area (Å²) in [6, 6.07) is 3.60. The molecule has 0 heterocycles. The number of aliphatic carboxylic acids is 2. The largest absolute Gasteiger partial charge is 0.490 e. The number of carboxylic acids is 2. The van der Waals surface area contributed by atoms with E-state index in [0.717, 1.165) is 0 Å². The van der Waals surface area contributed by atoms with E-state index in [4.69, 9.17) is 14.6 Å². The summed E-state index contributed by atoms with van der Waals surface area (Å²) in [6.07, 6.45) is 0. The van der Waals surface area contributed by atoms with E-state index in [1.165, 1.54) is 0 Å². The molecule has 0 aliphatic heterocycles. The maximum absolute atomic E-state index is 11.3. The van der Waals surface area contributed by atoms with Crippen LogP contribution in [0.4, 0.5) is 0 Å². The zero-order valence-corrected chi connectivity index (χ0v) is 12.0. The van der Waals surface area contributed by atoms with E-state index < -0.39 is 24.5 Å². The maximum atomic E-state index is 11.3. The van der Waals surface area contributed by atoms with Crippen molar-refractivity contribution in [2.45, 2.75) is 19.9 Å². The van der Waals surface area contributed by atoms with Gasteiger partial charge in [0.1, 0.15) is 6.04 Å². The molecule has 0 aliphatic carbocycles. The van der Waals surface area contributed by atoms with Gasteiger partial charge >= 0.3 is 11.9 Å². The van der Waals surface area contributed by atoms with Crippen molar-refractivity contribution in [3.63, 3.8) is 0 Å². The van der Waals surface area contributed by atoms with Crippen LogP contribution in [-0.4, -0.2) is 41.9 Å². The molecular formula is C14H19NO6. The Bertz CT molecular complexity index is 502. The Kier molecular flexibility index (Phi) is 6.48. The first-order valence-corrected chi connectivity index (χ1v) is 6.57. The number of hydrogen-bond donors (Lipinski definition) is 3. The van der Waals surface area contributed by atoms with Crippen molar-refractivity contribution in [2.75, 3.05) is 19.8 Å². The van der Waals surface area contributed by atoms with E-state index in [0.29, 0.717) is 30.3 Å². The van der Waals surface area contributed by atoms with Crippen LogP contribution in [0.15, 0.2) is 18.2 Å². The molecule has 0 fully saturated rings. The van der Waals surface area contributed by atoms with E-state index in [1.807, 2.05) is 6.92 Å². The van der Waals surface area contributed by atoms with Crippen LogP contribution in [0.5, 0.6) is 11.5 Å². The number of ether oxygens (including phenoxy) is 2. The number of hydrogen-bond acceptors (Lipinski definition) is 5. The van der Waals surface area contributed by atoms with Gasteiger partial charge in [0, 0.05) is 0 Å². The first kappa shape index (κ1) is 16.8. The number of benzene rings is 1. The van der Waals surface area contributed by atoms with E-state index in [2.05, 4.69) is 5.32 Å². The van der Waals surface area contributed by atoms with Crippen molar-refractivity contribution in [3.8, 4) is 11.5 Å². The van der Waals surface area contributed by atoms with Crippen LogP contribution < -0.4 is 14.8 Å². The molecule has 0 amide bonds. The molecule has 0 saturated carbocycles. The highest BCUT2D eigenvalue weighted by molar-refractivity contribution is 5.77. The van der Waals surface area contributed by atoms with Crippen LogP contribution in [0.2, 0.25) is 0 Å². The van der Waals surface area contributed by atoms with Crippen molar-refractivity contribution < 1.29 is 29.3 Å². The molecule has 21 heavy (non-hydrogen) atoms. The SMILES string of the molecule is CCOc1ccc(C(NCC(=O)O)C(=O)O)cc1OCC. The number of carboxylic acid groups (broad SMARTS) is 2. The van der Waals surface area contributed by atoms with Gasteiger partial charge in [-0.2, -0.15) is 0 Å². The van der Waals surface area contributed by atoms with E-state index in [-0.39, 0.29) is 0 Å². The predicted molar refractivity (Wildman–Crippen MR) is 74.8 cm³/mol. The fourth-order valence-electron chi connectivity index (χ4n) is 1.78. The average molecular weight is 297 g/mol. The molecule has 0 spiro atoms. The fourth-order valence-corrected chi connectivity index (χ4v) is 1.78. The van der Waals surface area contributed by atoms with Gasteiger partial charge in [-0.15, -0.1) is 0 Å². The third-order valence-corrected chi connectivity index (χ3v) is 2.61. The quantitative estimate of drug-likeness (QED) is 0.630. The van der Waals surface area contributed by atoms with Crippen LogP contribution in [-0.2, 0) is 9.59 Å². The minimum absolute atomic E-state index is 0.399. The van der Waals surface area contributed by atoms with Crippen LogP contribution in [0.3, 0.4) is 0 Å². The van der Waals surface area contributed by atoms with E-state index >= 15 is 0 Å². The number of rotatable bonds is 9. The Balaban J connectivity index is 3.04. The van der Waals surface area contributed by atoms with Crippen LogP contribution in [0.25, 0.3) is 0 Å². The van der Waals surface area contributed by atoms with Crippen molar-refractivity contribution >= 4 is 11.9 Å². The Labute approximate surface area is 122 Å². The second kappa shape index (κ2) is 8.11. The van der Waals surface area contributed by atoms with Gasteiger partial charge in [0.2, 0.25) is 0 Å². The van der Waals surface area contributed by atoms with Gasteiger partial charge in [0.15, 0.2) is 11.5 Å². The first-order chi connectivity index (χ1) is 9.99. The van der Waals surface area contributed by atoms with Gasteiger partial charge < -0.3 is 19.7 Å². The number of nitrogens with one attached hydrogen (secondary N) is 1. The van der Waals surface area contributed by atoms with E-state index in [1.54, 1.807) is 25.1 Å². The smallest absolute Gasteiger partial charge is 0.325 e. The highest BCUT2D eigenvalue weighted by Gasteiger charge is 2.21. The molecule has 1 atom stereocenters. The lowest BCUT2D eigenvalue weighted by atomic mass is 10.1. The lowest BCUT2D eigenvalue weighted by Gasteiger charge is -2.17. The molecular weight excluding hydrogens is 278 g/mol. The Morgan fingerprint density at radius 1 is 1.14 bits per heavy atom. The van der Waals surface area contributed by atoms with Gasteiger partial charge in [-0.25, -0.2) is 0 Å². The molecule has 1 unspecified atom stereocenters. The topological polar surface area (TPSA) is 105 Å². The summed E-state index contributed by atoms with van der Waals surface area (Å²) in [5.41, 5.74) is 0.399. The zero-order valence-electron chi connectivity index (χ0n) is 12.0. The van der Waals surface area contributed by atoms with Crippen LogP contribution in [0.1, 0.15) is 25.5 Å². The standard InChI is InChI=1S/C14H19NO6/c1-3-20-10-6-5-9(7-11(10)21-4-2)13(14(18)19)15-8-12(16)17/h5-7,13,15H,3-4,8H2,1-2H3,(H,16,17)(H,18,19). The summed E-state index contributed by atoms with van der Waals surface area (Å²) >= 11 is 0. The molecule has 1 rings (SSSR count). The molecule has 0 aliphatic rings. The molecule has 0 radical (unpaired) electrons. The Hall–Kier alpha value is -2.28. The predicted octanol–water partition coefficient (Wildman–Crippen LogP) is 1.28. The molecule has 1 aromatic carbocycles. The minimum Gasteiger partial charge on any atom is -0.490 e. The zero-order chi connectivity index (χ0) is 15.8. The summed E-state index contributed by atoms with van der Waals surface area (Å²) < 4.78 is 10.8. The summed E-state index contributed by atoms with van der Waals surface area (Å²) in [5, 5.41) is 20.3. The van der Waals surface area contributed by atoms with Crippen LogP contribution >= 0.6 is 0 Å². The highest BCUT2D eigenvalue weighted by Crippen LogP contribution is 2.30. The third kappa shape index (κ3) is 4.96. The van der Waals surface area contributed by atoms with Crippen molar-refractivity contribution in [2.24, 2.45) is 0 Å². The van der Waals surface area contributed by atoms with Gasteiger partial charge in [-0.3, -0.25) is 14.9 Å².